The zero-order chi connectivity index (χ0) is 19.1. The number of hydrogen-bond donors (Lipinski definition) is 2. The number of thioether (sulfide) groups is 1. The van der Waals surface area contributed by atoms with Gasteiger partial charge in [0.25, 0.3) is 0 Å². The second-order valence-electron chi connectivity index (χ2n) is 5.77. The van der Waals surface area contributed by atoms with Crippen molar-refractivity contribution in [2.24, 2.45) is 0 Å². The van der Waals surface area contributed by atoms with Crippen molar-refractivity contribution in [1.29, 1.82) is 0 Å². The summed E-state index contributed by atoms with van der Waals surface area (Å²) in [6, 6.07) is 15.1. The average Bonchev–Trinajstić information content (AvgIpc) is 3.21. The van der Waals surface area contributed by atoms with Gasteiger partial charge in [0, 0.05) is 10.6 Å². The van der Waals surface area contributed by atoms with Gasteiger partial charge in [-0.15, -0.1) is 11.8 Å². The summed E-state index contributed by atoms with van der Waals surface area (Å²) in [6.45, 7) is 1.93. The molecule has 0 unspecified atom stereocenters. The normalized spacial score (nSPS) is 10.4. The van der Waals surface area contributed by atoms with E-state index in [0.29, 0.717) is 5.69 Å². The van der Waals surface area contributed by atoms with E-state index in [0.717, 1.165) is 16.1 Å². The van der Waals surface area contributed by atoms with Gasteiger partial charge in [-0.3, -0.25) is 9.59 Å². The van der Waals surface area contributed by atoms with Crippen molar-refractivity contribution in [3.63, 3.8) is 0 Å². The Bertz CT molecular complexity index is 910. The number of aromatic nitrogens is 3. The standard InChI is InChI=1S/C19H19N5O2S/c1-14-4-2-3-5-17(14)27-11-19(26)21-10-18(25)23-15-6-8-16(9-7-15)24-13-20-12-22-24/h2-9,12-13H,10-11H2,1H3,(H,21,26)(H,23,25). The first-order chi connectivity index (χ1) is 13.1. The van der Waals surface area contributed by atoms with Crippen LogP contribution in [0.1, 0.15) is 5.56 Å². The zero-order valence-corrected chi connectivity index (χ0v) is 15.6. The van der Waals surface area contributed by atoms with Gasteiger partial charge in [0.1, 0.15) is 12.7 Å². The number of benzene rings is 2. The third-order valence-electron chi connectivity index (χ3n) is 3.73. The van der Waals surface area contributed by atoms with Gasteiger partial charge < -0.3 is 10.6 Å². The number of carbonyl (C=O) groups is 2. The van der Waals surface area contributed by atoms with Crippen molar-refractivity contribution in [2.45, 2.75) is 11.8 Å². The third kappa shape index (κ3) is 5.42. The highest BCUT2D eigenvalue weighted by atomic mass is 32.2. The summed E-state index contributed by atoms with van der Waals surface area (Å²) in [6.07, 6.45) is 3.05. The number of hydrogen-bond acceptors (Lipinski definition) is 5. The van der Waals surface area contributed by atoms with Gasteiger partial charge in [-0.1, -0.05) is 18.2 Å². The molecule has 27 heavy (non-hydrogen) atoms. The highest BCUT2D eigenvalue weighted by molar-refractivity contribution is 8.00. The van der Waals surface area contributed by atoms with Crippen LogP contribution in [0.2, 0.25) is 0 Å². The van der Waals surface area contributed by atoms with Gasteiger partial charge in [-0.25, -0.2) is 9.67 Å². The summed E-state index contributed by atoms with van der Waals surface area (Å²) >= 11 is 1.45. The first-order valence-corrected chi connectivity index (χ1v) is 9.30. The fourth-order valence-corrected chi connectivity index (χ4v) is 3.19. The maximum absolute atomic E-state index is 12.0. The maximum Gasteiger partial charge on any atom is 0.243 e. The Hall–Kier alpha value is -3.13. The van der Waals surface area contributed by atoms with Crippen molar-refractivity contribution in [1.82, 2.24) is 20.1 Å². The highest BCUT2D eigenvalue weighted by Crippen LogP contribution is 2.21. The fourth-order valence-electron chi connectivity index (χ4n) is 2.34. The van der Waals surface area contributed by atoms with E-state index < -0.39 is 0 Å². The Labute approximate surface area is 161 Å². The number of anilines is 1. The van der Waals surface area contributed by atoms with Gasteiger partial charge in [-0.05, 0) is 42.8 Å². The number of rotatable bonds is 7. The van der Waals surface area contributed by atoms with Crippen LogP contribution >= 0.6 is 11.8 Å². The second-order valence-corrected chi connectivity index (χ2v) is 6.78. The lowest BCUT2D eigenvalue weighted by Crippen LogP contribution is -2.33. The molecule has 3 aromatic rings. The van der Waals surface area contributed by atoms with Crippen molar-refractivity contribution in [2.75, 3.05) is 17.6 Å². The van der Waals surface area contributed by atoms with Crippen LogP contribution in [0.25, 0.3) is 5.69 Å². The third-order valence-corrected chi connectivity index (χ3v) is 4.91. The van der Waals surface area contributed by atoms with Crippen LogP contribution in [0.3, 0.4) is 0 Å². The molecule has 0 spiro atoms. The van der Waals surface area contributed by atoms with Crippen LogP contribution in [0, 0.1) is 6.92 Å². The molecular weight excluding hydrogens is 362 g/mol. The highest BCUT2D eigenvalue weighted by Gasteiger charge is 2.08. The van der Waals surface area contributed by atoms with Crippen molar-refractivity contribution >= 4 is 29.3 Å². The van der Waals surface area contributed by atoms with E-state index in [1.165, 1.54) is 18.1 Å². The predicted octanol–water partition coefficient (Wildman–Crippen LogP) is 2.42. The minimum atomic E-state index is -0.280. The van der Waals surface area contributed by atoms with E-state index in [-0.39, 0.29) is 24.1 Å². The lowest BCUT2D eigenvalue weighted by molar-refractivity contribution is -0.122. The van der Waals surface area contributed by atoms with E-state index >= 15 is 0 Å². The van der Waals surface area contributed by atoms with Gasteiger partial charge in [0.15, 0.2) is 0 Å². The van der Waals surface area contributed by atoms with Crippen molar-refractivity contribution in [3.8, 4) is 5.69 Å². The Kier molecular flexibility index (Phi) is 6.22. The number of nitrogens with zero attached hydrogens (tertiary/aromatic N) is 3. The summed E-state index contributed by atoms with van der Waals surface area (Å²) in [5.41, 5.74) is 2.61. The summed E-state index contributed by atoms with van der Waals surface area (Å²) in [5, 5.41) is 9.42. The molecule has 3 rings (SSSR count). The smallest absolute Gasteiger partial charge is 0.243 e. The fraction of sp³-hybridized carbons (Fsp3) is 0.158. The molecule has 1 aromatic heterocycles. The molecule has 0 saturated heterocycles. The van der Waals surface area contributed by atoms with Gasteiger partial charge in [0.05, 0.1) is 18.0 Å². The number of carbonyl (C=O) groups excluding carboxylic acids is 2. The second kappa shape index (κ2) is 9.00. The SMILES string of the molecule is Cc1ccccc1SCC(=O)NCC(=O)Nc1ccc(-n2cncn2)cc1. The van der Waals surface area contributed by atoms with Crippen LogP contribution in [0.5, 0.6) is 0 Å². The summed E-state index contributed by atoms with van der Waals surface area (Å²) < 4.78 is 1.62. The summed E-state index contributed by atoms with van der Waals surface area (Å²) in [5.74, 6) is -0.192. The van der Waals surface area contributed by atoms with E-state index in [2.05, 4.69) is 20.7 Å². The van der Waals surface area contributed by atoms with Crippen LogP contribution in [-0.2, 0) is 9.59 Å². The van der Waals surface area contributed by atoms with Crippen molar-refractivity contribution in [3.05, 3.63) is 66.7 Å². The molecule has 0 aliphatic rings. The molecule has 7 nitrogen and oxygen atoms in total. The molecule has 0 bridgehead atoms. The minimum Gasteiger partial charge on any atom is -0.346 e. The quantitative estimate of drug-likeness (QED) is 0.614. The van der Waals surface area contributed by atoms with Gasteiger partial charge >= 0.3 is 0 Å². The molecule has 0 aliphatic carbocycles. The van der Waals surface area contributed by atoms with E-state index in [1.54, 1.807) is 23.1 Å². The van der Waals surface area contributed by atoms with Crippen LogP contribution < -0.4 is 10.6 Å². The first-order valence-electron chi connectivity index (χ1n) is 8.32. The van der Waals surface area contributed by atoms with E-state index in [4.69, 9.17) is 0 Å². The lowest BCUT2D eigenvalue weighted by Gasteiger charge is -2.08. The molecule has 0 saturated carbocycles. The zero-order valence-electron chi connectivity index (χ0n) is 14.8. The van der Waals surface area contributed by atoms with E-state index in [1.807, 2.05) is 43.3 Å². The molecule has 0 fully saturated rings. The number of amides is 2. The molecule has 0 radical (unpaired) electrons. The van der Waals surface area contributed by atoms with Crippen molar-refractivity contribution < 1.29 is 9.59 Å². The predicted molar refractivity (Wildman–Crippen MR) is 105 cm³/mol. The van der Waals surface area contributed by atoms with Gasteiger partial charge in [-0.2, -0.15) is 5.10 Å². The van der Waals surface area contributed by atoms with Crippen LogP contribution in [0.4, 0.5) is 5.69 Å². The molecule has 8 heteroatoms. The van der Waals surface area contributed by atoms with Gasteiger partial charge in [0.2, 0.25) is 11.8 Å². The maximum atomic E-state index is 12.0. The molecule has 1 heterocycles. The molecule has 0 atom stereocenters. The largest absolute Gasteiger partial charge is 0.346 e. The lowest BCUT2D eigenvalue weighted by atomic mass is 10.2. The topological polar surface area (TPSA) is 88.9 Å². The molecule has 138 valence electrons. The summed E-state index contributed by atoms with van der Waals surface area (Å²) in [7, 11) is 0. The number of nitrogens with one attached hydrogen (secondary N) is 2. The molecule has 0 aliphatic heterocycles. The Morgan fingerprint density at radius 1 is 1.07 bits per heavy atom. The molecule has 2 amide bonds. The van der Waals surface area contributed by atoms with Crippen LogP contribution in [0.15, 0.2) is 66.1 Å². The summed E-state index contributed by atoms with van der Waals surface area (Å²) in [4.78, 5) is 28.9. The average molecular weight is 381 g/mol. The van der Waals surface area contributed by atoms with Crippen LogP contribution in [-0.4, -0.2) is 38.9 Å². The Morgan fingerprint density at radius 2 is 1.85 bits per heavy atom. The molecular formula is C19H19N5O2S. The molecule has 2 N–H and O–H groups in total. The van der Waals surface area contributed by atoms with E-state index in [9.17, 15) is 9.59 Å². The Balaban J connectivity index is 1.42. The number of aryl methyl sites for hydroxylation is 1. The monoisotopic (exact) mass is 381 g/mol. The minimum absolute atomic E-state index is 0.0714. The molecule has 2 aromatic carbocycles. The first kappa shape index (κ1) is 18.7. The Morgan fingerprint density at radius 3 is 2.56 bits per heavy atom.